The number of anilines is 1. The number of fused-ring (bicyclic) bond motifs is 1. The highest BCUT2D eigenvalue weighted by Gasteiger charge is 2.29. The van der Waals surface area contributed by atoms with Crippen molar-refractivity contribution >= 4 is 11.6 Å². The molecular weight excluding hydrogens is 212 g/mol. The van der Waals surface area contributed by atoms with Crippen molar-refractivity contribution in [1.82, 2.24) is 5.32 Å². The van der Waals surface area contributed by atoms with E-state index < -0.39 is 0 Å². The fourth-order valence-electron chi connectivity index (χ4n) is 2.30. The highest BCUT2D eigenvalue weighted by molar-refractivity contribution is 5.81. The topological polar surface area (TPSA) is 41.1 Å². The molecule has 0 fully saturated rings. The van der Waals surface area contributed by atoms with E-state index in [9.17, 15) is 4.79 Å². The number of hydrogen-bond acceptors (Lipinski definition) is 2. The summed E-state index contributed by atoms with van der Waals surface area (Å²) in [5.74, 6) is 0.206. The van der Waals surface area contributed by atoms with Crippen LogP contribution in [0.2, 0.25) is 0 Å². The Bertz CT molecular complexity index is 403. The van der Waals surface area contributed by atoms with Crippen molar-refractivity contribution in [2.75, 3.05) is 11.9 Å². The van der Waals surface area contributed by atoms with Crippen LogP contribution in [0.4, 0.5) is 5.69 Å². The van der Waals surface area contributed by atoms with Crippen molar-refractivity contribution in [2.45, 2.75) is 32.7 Å². The Morgan fingerprint density at radius 1 is 1.47 bits per heavy atom. The highest BCUT2D eigenvalue weighted by Crippen LogP contribution is 2.28. The maximum Gasteiger partial charge on any atom is 0.225 e. The van der Waals surface area contributed by atoms with E-state index in [0.29, 0.717) is 0 Å². The molecule has 1 aliphatic heterocycles. The molecule has 2 rings (SSSR count). The molecule has 0 aromatic heterocycles. The van der Waals surface area contributed by atoms with Gasteiger partial charge in [-0.25, -0.2) is 0 Å². The Hall–Kier alpha value is -1.51. The third kappa shape index (κ3) is 2.60. The molecule has 17 heavy (non-hydrogen) atoms. The molecule has 1 aromatic carbocycles. The van der Waals surface area contributed by atoms with Crippen molar-refractivity contribution in [1.29, 1.82) is 0 Å². The first-order chi connectivity index (χ1) is 8.22. The number of carbonyl (C=O) groups excluding carboxylic acids is 1. The Kier molecular flexibility index (Phi) is 3.67. The summed E-state index contributed by atoms with van der Waals surface area (Å²) in [6, 6.07) is 8.41. The zero-order valence-electron chi connectivity index (χ0n) is 10.5. The normalized spacial score (nSPS) is 22.5. The molecule has 3 nitrogen and oxygen atoms in total. The molecule has 0 spiro atoms. The van der Waals surface area contributed by atoms with Crippen LogP contribution in [0.5, 0.6) is 0 Å². The summed E-state index contributed by atoms with van der Waals surface area (Å²) in [7, 11) is 0. The van der Waals surface area contributed by atoms with Gasteiger partial charge in [-0.1, -0.05) is 25.1 Å². The molecule has 1 aliphatic rings. The minimum atomic E-state index is 0.0384. The number of benzene rings is 1. The molecule has 0 aliphatic carbocycles. The molecule has 2 unspecified atom stereocenters. The maximum atomic E-state index is 12.0. The van der Waals surface area contributed by atoms with Crippen molar-refractivity contribution in [3.63, 3.8) is 0 Å². The van der Waals surface area contributed by atoms with E-state index in [4.69, 9.17) is 0 Å². The fourth-order valence-corrected chi connectivity index (χ4v) is 2.30. The van der Waals surface area contributed by atoms with Crippen molar-refractivity contribution in [3.8, 4) is 0 Å². The van der Waals surface area contributed by atoms with Gasteiger partial charge in [-0.15, -0.1) is 0 Å². The standard InChI is InChI=1S/C14H20N2O/c1-3-8-15-14(17)12-9-11-6-4-5-7-13(11)16-10(12)2/h4-7,10,12,16H,3,8-9H2,1-2H3,(H,15,17). The Morgan fingerprint density at radius 3 is 3.00 bits per heavy atom. The molecule has 0 saturated carbocycles. The molecule has 2 N–H and O–H groups in total. The van der Waals surface area contributed by atoms with Crippen molar-refractivity contribution < 1.29 is 4.79 Å². The summed E-state index contributed by atoms with van der Waals surface area (Å²) in [6.07, 6.45) is 1.82. The van der Waals surface area contributed by atoms with E-state index in [1.165, 1.54) is 11.3 Å². The molecule has 1 amide bonds. The van der Waals surface area contributed by atoms with Gasteiger partial charge >= 0.3 is 0 Å². The van der Waals surface area contributed by atoms with Crippen LogP contribution in [-0.4, -0.2) is 18.5 Å². The number of para-hydroxylation sites is 1. The van der Waals surface area contributed by atoms with Crippen LogP contribution in [0.25, 0.3) is 0 Å². The van der Waals surface area contributed by atoms with E-state index in [0.717, 1.165) is 19.4 Å². The van der Waals surface area contributed by atoms with Crippen LogP contribution in [0, 0.1) is 5.92 Å². The number of carbonyl (C=O) groups is 1. The Labute approximate surface area is 103 Å². The van der Waals surface area contributed by atoms with E-state index in [2.05, 4.69) is 36.6 Å². The van der Waals surface area contributed by atoms with Crippen molar-refractivity contribution in [2.24, 2.45) is 5.92 Å². The molecule has 0 radical (unpaired) electrons. The quantitative estimate of drug-likeness (QED) is 0.838. The number of nitrogens with one attached hydrogen (secondary N) is 2. The molecule has 1 heterocycles. The molecule has 92 valence electrons. The average Bonchev–Trinajstić information content (AvgIpc) is 2.35. The van der Waals surface area contributed by atoms with E-state index in [1.807, 2.05) is 12.1 Å². The molecule has 3 heteroatoms. The Balaban J connectivity index is 2.09. The second-order valence-corrected chi connectivity index (χ2v) is 4.69. The van der Waals surface area contributed by atoms with Gasteiger partial charge in [0.15, 0.2) is 0 Å². The average molecular weight is 232 g/mol. The second kappa shape index (κ2) is 5.21. The highest BCUT2D eigenvalue weighted by atomic mass is 16.1. The van der Waals surface area contributed by atoms with Gasteiger partial charge in [-0.3, -0.25) is 4.79 Å². The predicted octanol–water partition coefficient (Wildman–Crippen LogP) is 2.19. The minimum absolute atomic E-state index is 0.0384. The van der Waals surface area contributed by atoms with Gasteiger partial charge < -0.3 is 10.6 Å². The first kappa shape index (κ1) is 12.0. The summed E-state index contributed by atoms with van der Waals surface area (Å²) in [4.78, 5) is 12.0. The summed E-state index contributed by atoms with van der Waals surface area (Å²) >= 11 is 0. The first-order valence-electron chi connectivity index (χ1n) is 6.34. The van der Waals surface area contributed by atoms with Gasteiger partial charge in [0.1, 0.15) is 0 Å². The zero-order chi connectivity index (χ0) is 12.3. The molecular formula is C14H20N2O. The van der Waals surface area contributed by atoms with Crippen LogP contribution in [0.1, 0.15) is 25.8 Å². The third-order valence-corrected chi connectivity index (χ3v) is 3.33. The van der Waals surface area contributed by atoms with Crippen LogP contribution >= 0.6 is 0 Å². The van der Waals surface area contributed by atoms with Crippen molar-refractivity contribution in [3.05, 3.63) is 29.8 Å². The maximum absolute atomic E-state index is 12.0. The summed E-state index contributed by atoms with van der Waals surface area (Å²) in [6.45, 7) is 4.91. The van der Waals surface area contributed by atoms with Gasteiger partial charge in [0.25, 0.3) is 0 Å². The Morgan fingerprint density at radius 2 is 2.24 bits per heavy atom. The van der Waals surface area contributed by atoms with Crippen LogP contribution in [-0.2, 0) is 11.2 Å². The number of rotatable bonds is 3. The van der Waals surface area contributed by atoms with Crippen LogP contribution in [0.15, 0.2) is 24.3 Å². The van der Waals surface area contributed by atoms with Gasteiger partial charge in [0.05, 0.1) is 5.92 Å². The third-order valence-electron chi connectivity index (χ3n) is 3.33. The molecule has 0 bridgehead atoms. The smallest absolute Gasteiger partial charge is 0.225 e. The lowest BCUT2D eigenvalue weighted by Gasteiger charge is -2.31. The first-order valence-corrected chi connectivity index (χ1v) is 6.34. The van der Waals surface area contributed by atoms with E-state index in [1.54, 1.807) is 0 Å². The molecule has 1 aromatic rings. The molecule has 0 saturated heterocycles. The summed E-state index contributed by atoms with van der Waals surface area (Å²) < 4.78 is 0. The van der Waals surface area contributed by atoms with Gasteiger partial charge in [0.2, 0.25) is 5.91 Å². The fraction of sp³-hybridized carbons (Fsp3) is 0.500. The van der Waals surface area contributed by atoms with Crippen LogP contribution in [0.3, 0.4) is 0 Å². The zero-order valence-corrected chi connectivity index (χ0v) is 10.5. The lowest BCUT2D eigenvalue weighted by molar-refractivity contribution is -0.125. The number of amides is 1. The summed E-state index contributed by atoms with van der Waals surface area (Å²) in [5.41, 5.74) is 2.40. The lowest BCUT2D eigenvalue weighted by atomic mass is 9.87. The largest absolute Gasteiger partial charge is 0.382 e. The molecule has 2 atom stereocenters. The predicted molar refractivity (Wildman–Crippen MR) is 70.0 cm³/mol. The van der Waals surface area contributed by atoms with Crippen LogP contribution < -0.4 is 10.6 Å². The SMILES string of the molecule is CCCNC(=O)C1Cc2ccccc2NC1C. The van der Waals surface area contributed by atoms with Gasteiger partial charge in [-0.2, -0.15) is 0 Å². The van der Waals surface area contributed by atoms with E-state index in [-0.39, 0.29) is 17.9 Å². The van der Waals surface area contributed by atoms with Gasteiger partial charge in [0, 0.05) is 18.3 Å². The minimum Gasteiger partial charge on any atom is -0.382 e. The van der Waals surface area contributed by atoms with E-state index >= 15 is 0 Å². The number of hydrogen-bond donors (Lipinski definition) is 2. The van der Waals surface area contributed by atoms with Gasteiger partial charge in [-0.05, 0) is 31.4 Å². The summed E-state index contributed by atoms with van der Waals surface area (Å²) in [5, 5.41) is 6.39. The lowest BCUT2D eigenvalue weighted by Crippen LogP contribution is -2.43. The second-order valence-electron chi connectivity index (χ2n) is 4.69. The monoisotopic (exact) mass is 232 g/mol.